The first-order chi connectivity index (χ1) is 11.7. The molecule has 6 heteroatoms. The van der Waals surface area contributed by atoms with Crippen molar-refractivity contribution in [1.82, 2.24) is 9.97 Å². The minimum atomic E-state index is -0.453. The lowest BCUT2D eigenvalue weighted by atomic mass is 10.2. The van der Waals surface area contributed by atoms with Crippen LogP contribution in [0.5, 0.6) is 17.4 Å². The Morgan fingerprint density at radius 2 is 1.96 bits per heavy atom. The van der Waals surface area contributed by atoms with E-state index in [9.17, 15) is 0 Å². The largest absolute Gasteiger partial charge is 0.497 e. The van der Waals surface area contributed by atoms with Gasteiger partial charge in [0.05, 0.1) is 18.0 Å². The van der Waals surface area contributed by atoms with Crippen molar-refractivity contribution in [3.63, 3.8) is 0 Å². The van der Waals surface area contributed by atoms with E-state index < -0.39 is 10.7 Å². The van der Waals surface area contributed by atoms with Gasteiger partial charge in [-0.15, -0.1) is 0 Å². The molecule has 1 heterocycles. The Hall–Kier alpha value is -2.47. The maximum Gasteiger partial charge on any atom is 0.230 e. The fraction of sp³-hybridized carbons (Fsp3) is 0.222. The highest BCUT2D eigenvalue weighted by Crippen LogP contribution is 2.33. The second-order valence-corrected chi connectivity index (χ2v) is 7.49. The molecule has 4 rings (SSSR count). The SMILES string of the molecule is COc1ccc2c(Oc3cccc(S(=N)C4CC4)c3)ncnc2c1. The number of nitrogens with zero attached hydrogens (tertiary/aromatic N) is 2. The molecule has 3 aromatic rings. The summed E-state index contributed by atoms with van der Waals surface area (Å²) < 4.78 is 19.5. The Balaban J connectivity index is 1.66. The molecule has 24 heavy (non-hydrogen) atoms. The molecular weight excluding hydrogens is 322 g/mol. The third-order valence-electron chi connectivity index (χ3n) is 3.94. The zero-order chi connectivity index (χ0) is 16.5. The molecule has 1 aromatic heterocycles. The van der Waals surface area contributed by atoms with Crippen LogP contribution in [0, 0.1) is 4.78 Å². The van der Waals surface area contributed by atoms with Crippen LogP contribution in [0.3, 0.4) is 0 Å². The van der Waals surface area contributed by atoms with Gasteiger partial charge in [0, 0.05) is 16.2 Å². The number of nitrogens with one attached hydrogen (secondary N) is 1. The first-order valence-corrected chi connectivity index (χ1v) is 9.04. The van der Waals surface area contributed by atoms with Crippen molar-refractivity contribution < 1.29 is 9.47 Å². The number of fused-ring (bicyclic) bond motifs is 1. The van der Waals surface area contributed by atoms with Gasteiger partial charge in [-0.1, -0.05) is 16.8 Å². The molecule has 1 unspecified atom stereocenters. The van der Waals surface area contributed by atoms with Crippen molar-refractivity contribution >= 4 is 21.6 Å². The molecule has 1 aliphatic carbocycles. The number of methoxy groups -OCH3 is 1. The lowest BCUT2D eigenvalue weighted by Crippen LogP contribution is -1.97. The fourth-order valence-electron chi connectivity index (χ4n) is 2.50. The van der Waals surface area contributed by atoms with Crippen LogP contribution in [0.25, 0.3) is 10.9 Å². The van der Waals surface area contributed by atoms with Crippen molar-refractivity contribution in [3.8, 4) is 17.4 Å². The highest BCUT2D eigenvalue weighted by atomic mass is 32.2. The Morgan fingerprint density at radius 3 is 2.75 bits per heavy atom. The number of benzene rings is 2. The van der Waals surface area contributed by atoms with Crippen LogP contribution in [0.1, 0.15) is 12.8 Å². The van der Waals surface area contributed by atoms with Crippen LogP contribution >= 0.6 is 0 Å². The molecular formula is C18H17N3O2S. The van der Waals surface area contributed by atoms with Gasteiger partial charge in [-0.2, -0.15) is 0 Å². The average molecular weight is 339 g/mol. The molecule has 1 atom stereocenters. The number of hydrogen-bond donors (Lipinski definition) is 1. The third kappa shape index (κ3) is 2.97. The van der Waals surface area contributed by atoms with E-state index in [0.717, 1.165) is 34.4 Å². The third-order valence-corrected chi connectivity index (χ3v) is 5.84. The molecule has 122 valence electrons. The molecule has 0 bridgehead atoms. The molecule has 1 N–H and O–H groups in total. The van der Waals surface area contributed by atoms with Crippen LogP contribution in [0.15, 0.2) is 53.7 Å². The normalized spacial score (nSPS) is 15.2. The monoisotopic (exact) mass is 339 g/mol. The number of ether oxygens (including phenoxy) is 2. The van der Waals surface area contributed by atoms with Crippen LogP contribution in [-0.4, -0.2) is 22.3 Å². The minimum Gasteiger partial charge on any atom is -0.497 e. The number of rotatable bonds is 5. The van der Waals surface area contributed by atoms with Crippen LogP contribution in [0.2, 0.25) is 0 Å². The highest BCUT2D eigenvalue weighted by molar-refractivity contribution is 7.87. The quantitative estimate of drug-likeness (QED) is 0.751. The van der Waals surface area contributed by atoms with Crippen molar-refractivity contribution in [1.29, 1.82) is 4.78 Å². The summed E-state index contributed by atoms with van der Waals surface area (Å²) >= 11 is 0. The van der Waals surface area contributed by atoms with Gasteiger partial charge in [0.1, 0.15) is 17.8 Å². The van der Waals surface area contributed by atoms with Gasteiger partial charge in [0.15, 0.2) is 0 Å². The minimum absolute atomic E-state index is 0.453. The van der Waals surface area contributed by atoms with Gasteiger partial charge in [-0.25, -0.2) is 9.97 Å². The maximum absolute atomic E-state index is 8.32. The second-order valence-electron chi connectivity index (χ2n) is 5.68. The molecule has 0 saturated heterocycles. The number of aromatic nitrogens is 2. The zero-order valence-electron chi connectivity index (χ0n) is 13.2. The molecule has 5 nitrogen and oxygen atoms in total. The van der Waals surface area contributed by atoms with E-state index in [1.807, 2.05) is 42.5 Å². The summed E-state index contributed by atoms with van der Waals surface area (Å²) in [6, 6.07) is 13.4. The molecule has 0 amide bonds. The van der Waals surface area contributed by atoms with Gasteiger partial charge in [0.2, 0.25) is 5.88 Å². The topological polar surface area (TPSA) is 68.1 Å². The van der Waals surface area contributed by atoms with E-state index in [4.69, 9.17) is 14.3 Å². The summed E-state index contributed by atoms with van der Waals surface area (Å²) in [4.78, 5) is 9.55. The van der Waals surface area contributed by atoms with Gasteiger partial charge >= 0.3 is 0 Å². The van der Waals surface area contributed by atoms with Crippen LogP contribution in [0.4, 0.5) is 0 Å². The summed E-state index contributed by atoms with van der Waals surface area (Å²) in [5, 5.41) is 1.35. The fourth-order valence-corrected chi connectivity index (χ4v) is 3.96. The Bertz CT molecular complexity index is 925. The molecule has 2 aromatic carbocycles. The maximum atomic E-state index is 8.32. The van der Waals surface area contributed by atoms with Crippen LogP contribution < -0.4 is 9.47 Å². The Labute approximate surface area is 142 Å². The molecule has 1 fully saturated rings. The van der Waals surface area contributed by atoms with Gasteiger partial charge < -0.3 is 9.47 Å². The van der Waals surface area contributed by atoms with E-state index in [2.05, 4.69) is 9.97 Å². The van der Waals surface area contributed by atoms with E-state index in [1.165, 1.54) is 6.33 Å². The molecule has 1 aliphatic rings. The Kier molecular flexibility index (Phi) is 3.90. The van der Waals surface area contributed by atoms with Gasteiger partial charge in [-0.3, -0.25) is 4.78 Å². The van der Waals surface area contributed by atoms with Gasteiger partial charge in [-0.05, 0) is 43.2 Å². The number of hydrogen-bond acceptors (Lipinski definition) is 5. The van der Waals surface area contributed by atoms with Crippen molar-refractivity contribution in [2.75, 3.05) is 7.11 Å². The lowest BCUT2D eigenvalue weighted by Gasteiger charge is -2.10. The first-order valence-electron chi connectivity index (χ1n) is 7.75. The summed E-state index contributed by atoms with van der Waals surface area (Å²) in [6.45, 7) is 0. The summed E-state index contributed by atoms with van der Waals surface area (Å²) in [6.07, 6.45) is 3.81. The highest BCUT2D eigenvalue weighted by Gasteiger charge is 2.26. The standard InChI is InChI=1S/C18H17N3O2S/c1-22-12-5-8-16-17(10-12)20-11-21-18(16)23-13-3-2-4-15(9-13)24(19)14-6-7-14/h2-5,8-11,14,19H,6-7H2,1H3. The molecule has 0 aliphatic heterocycles. The molecule has 0 spiro atoms. The Morgan fingerprint density at radius 1 is 1.08 bits per heavy atom. The van der Waals surface area contributed by atoms with Crippen molar-refractivity contribution in [2.24, 2.45) is 0 Å². The van der Waals surface area contributed by atoms with E-state index in [0.29, 0.717) is 16.9 Å². The first kappa shape index (κ1) is 15.1. The zero-order valence-corrected chi connectivity index (χ0v) is 14.0. The molecule has 1 saturated carbocycles. The van der Waals surface area contributed by atoms with Crippen molar-refractivity contribution in [3.05, 3.63) is 48.8 Å². The average Bonchev–Trinajstić information content (AvgIpc) is 3.46. The van der Waals surface area contributed by atoms with E-state index >= 15 is 0 Å². The summed E-state index contributed by atoms with van der Waals surface area (Å²) in [5.41, 5.74) is 0.772. The summed E-state index contributed by atoms with van der Waals surface area (Å²) in [5.74, 6) is 1.96. The van der Waals surface area contributed by atoms with Crippen LogP contribution in [-0.2, 0) is 10.7 Å². The lowest BCUT2D eigenvalue weighted by molar-refractivity contribution is 0.415. The van der Waals surface area contributed by atoms with E-state index in [1.54, 1.807) is 7.11 Å². The van der Waals surface area contributed by atoms with Gasteiger partial charge in [0.25, 0.3) is 0 Å². The summed E-state index contributed by atoms with van der Waals surface area (Å²) in [7, 11) is 1.18. The second kappa shape index (κ2) is 6.20. The smallest absolute Gasteiger partial charge is 0.230 e. The van der Waals surface area contributed by atoms with E-state index in [-0.39, 0.29) is 0 Å². The predicted molar refractivity (Wildman–Crippen MR) is 94.0 cm³/mol. The van der Waals surface area contributed by atoms with Crippen molar-refractivity contribution in [2.45, 2.75) is 23.0 Å². The predicted octanol–water partition coefficient (Wildman–Crippen LogP) is 4.33. The molecule has 0 radical (unpaired) electrons.